The Balaban J connectivity index is 1.42. The van der Waals surface area contributed by atoms with E-state index in [0.717, 1.165) is 31.2 Å². The molecular weight excluding hydrogens is 490 g/mol. The highest BCUT2D eigenvalue weighted by molar-refractivity contribution is 7.16. The van der Waals surface area contributed by atoms with Crippen LogP contribution in [0.5, 0.6) is 0 Å². The molecule has 0 unspecified atom stereocenters. The lowest BCUT2D eigenvalue weighted by atomic mass is 9.95. The van der Waals surface area contributed by atoms with Crippen LogP contribution in [-0.4, -0.2) is 17.0 Å². The van der Waals surface area contributed by atoms with Crippen molar-refractivity contribution in [3.05, 3.63) is 91.4 Å². The molecular formula is C25H20ClN3O5S. The van der Waals surface area contributed by atoms with E-state index in [2.05, 4.69) is 10.3 Å². The SMILES string of the molecule is O=C(NCc1ccco1)c1c(N=Cc2ccc(-c3ccc(Cl)cc3[N+](=O)[O-])o2)sc2c1CCCC2. The van der Waals surface area contributed by atoms with Gasteiger partial charge in [0.1, 0.15) is 22.3 Å². The van der Waals surface area contributed by atoms with Crippen molar-refractivity contribution in [2.24, 2.45) is 4.99 Å². The predicted octanol–water partition coefficient (Wildman–Crippen LogP) is 6.72. The zero-order chi connectivity index (χ0) is 24.4. The number of carbonyl (C=O) groups is 1. The number of furan rings is 2. The van der Waals surface area contributed by atoms with Crippen LogP contribution in [0.25, 0.3) is 11.3 Å². The van der Waals surface area contributed by atoms with Gasteiger partial charge in [0.05, 0.1) is 35.1 Å². The van der Waals surface area contributed by atoms with E-state index in [0.29, 0.717) is 40.0 Å². The number of benzene rings is 1. The first-order valence-corrected chi connectivity index (χ1v) is 12.2. The van der Waals surface area contributed by atoms with Crippen LogP contribution >= 0.6 is 22.9 Å². The van der Waals surface area contributed by atoms with Crippen molar-refractivity contribution in [3.8, 4) is 11.3 Å². The highest BCUT2D eigenvalue weighted by Crippen LogP contribution is 2.40. The number of aryl methyl sites for hydroxylation is 1. The first kappa shape index (κ1) is 23.1. The zero-order valence-electron chi connectivity index (χ0n) is 18.5. The number of carbonyl (C=O) groups excluding carboxylic acids is 1. The van der Waals surface area contributed by atoms with Crippen molar-refractivity contribution in [2.45, 2.75) is 32.2 Å². The second-order valence-corrected chi connectivity index (χ2v) is 9.55. The molecule has 4 aromatic rings. The number of hydrogen-bond donors (Lipinski definition) is 1. The Hall–Kier alpha value is -3.69. The fourth-order valence-electron chi connectivity index (χ4n) is 4.10. The second-order valence-electron chi connectivity index (χ2n) is 8.03. The van der Waals surface area contributed by atoms with Crippen molar-refractivity contribution >= 4 is 45.7 Å². The maximum atomic E-state index is 13.1. The van der Waals surface area contributed by atoms with Crippen LogP contribution < -0.4 is 5.32 Å². The van der Waals surface area contributed by atoms with Crippen molar-refractivity contribution in [1.82, 2.24) is 5.32 Å². The quantitative estimate of drug-likeness (QED) is 0.169. The second kappa shape index (κ2) is 9.89. The molecule has 1 aliphatic rings. The Kier molecular flexibility index (Phi) is 6.52. The minimum Gasteiger partial charge on any atom is -0.467 e. The molecule has 1 aliphatic carbocycles. The summed E-state index contributed by atoms with van der Waals surface area (Å²) in [5, 5.41) is 15.2. The summed E-state index contributed by atoms with van der Waals surface area (Å²) in [6.07, 6.45) is 7.00. The van der Waals surface area contributed by atoms with Crippen LogP contribution in [0.15, 0.2) is 62.6 Å². The van der Waals surface area contributed by atoms with Crippen molar-refractivity contribution < 1.29 is 18.6 Å². The molecule has 1 aromatic carbocycles. The lowest BCUT2D eigenvalue weighted by molar-refractivity contribution is -0.384. The van der Waals surface area contributed by atoms with Gasteiger partial charge in [-0.1, -0.05) is 11.6 Å². The van der Waals surface area contributed by atoms with E-state index >= 15 is 0 Å². The van der Waals surface area contributed by atoms with Gasteiger partial charge in [-0.3, -0.25) is 14.9 Å². The van der Waals surface area contributed by atoms with Gasteiger partial charge in [-0.25, -0.2) is 4.99 Å². The number of nitro groups is 1. The van der Waals surface area contributed by atoms with Gasteiger partial charge in [-0.2, -0.15) is 0 Å². The van der Waals surface area contributed by atoms with Crippen LogP contribution in [0.1, 0.15) is 45.2 Å². The van der Waals surface area contributed by atoms with Gasteiger partial charge >= 0.3 is 0 Å². The van der Waals surface area contributed by atoms with Gasteiger partial charge in [0.15, 0.2) is 0 Å². The number of aliphatic imine (C=N–C) groups is 1. The van der Waals surface area contributed by atoms with Crippen LogP contribution in [0, 0.1) is 10.1 Å². The molecule has 0 spiro atoms. The van der Waals surface area contributed by atoms with Gasteiger partial charge in [-0.15, -0.1) is 11.3 Å². The molecule has 3 heterocycles. The van der Waals surface area contributed by atoms with E-state index in [9.17, 15) is 14.9 Å². The Labute approximate surface area is 209 Å². The number of nitro benzene ring substituents is 1. The Bertz CT molecular complexity index is 1420. The summed E-state index contributed by atoms with van der Waals surface area (Å²) < 4.78 is 11.1. The third kappa shape index (κ3) is 4.91. The number of fused-ring (bicyclic) bond motifs is 1. The Morgan fingerprint density at radius 1 is 1.23 bits per heavy atom. The molecule has 8 nitrogen and oxygen atoms in total. The largest absolute Gasteiger partial charge is 0.467 e. The highest BCUT2D eigenvalue weighted by atomic mass is 35.5. The van der Waals surface area contributed by atoms with Crippen molar-refractivity contribution in [3.63, 3.8) is 0 Å². The number of thiophene rings is 1. The average Bonchev–Trinajstić information content (AvgIpc) is 3.61. The van der Waals surface area contributed by atoms with Gasteiger partial charge in [0, 0.05) is 16.0 Å². The lowest BCUT2D eigenvalue weighted by Gasteiger charge is -2.12. The van der Waals surface area contributed by atoms with Gasteiger partial charge in [0.25, 0.3) is 11.6 Å². The van der Waals surface area contributed by atoms with Crippen molar-refractivity contribution in [2.75, 3.05) is 0 Å². The summed E-state index contributed by atoms with van der Waals surface area (Å²) >= 11 is 7.43. The molecule has 0 atom stereocenters. The van der Waals surface area contributed by atoms with E-state index in [1.54, 1.807) is 36.6 Å². The summed E-state index contributed by atoms with van der Waals surface area (Å²) in [6, 6.07) is 11.3. The molecule has 5 rings (SSSR count). The standard InChI is InChI=1S/C25H20ClN3O5S/c26-15-7-9-18(20(12-15)29(31)32)21-10-8-17(34-21)14-28-25-23(19-5-1-2-6-22(19)35-25)24(30)27-13-16-4-3-11-33-16/h3-4,7-12,14H,1-2,5-6,13H2,(H,27,30). The summed E-state index contributed by atoms with van der Waals surface area (Å²) in [6.45, 7) is 0.293. The summed E-state index contributed by atoms with van der Waals surface area (Å²) in [4.78, 5) is 29.8. The van der Waals surface area contributed by atoms with Gasteiger partial charge in [0.2, 0.25) is 0 Å². The lowest BCUT2D eigenvalue weighted by Crippen LogP contribution is -2.23. The minimum atomic E-state index is -0.499. The van der Waals surface area contributed by atoms with E-state index in [1.165, 1.54) is 28.5 Å². The third-order valence-electron chi connectivity index (χ3n) is 5.74. The first-order chi connectivity index (χ1) is 17.0. The smallest absolute Gasteiger partial charge is 0.281 e. The molecule has 178 valence electrons. The van der Waals surface area contributed by atoms with E-state index < -0.39 is 4.92 Å². The molecule has 10 heteroatoms. The van der Waals surface area contributed by atoms with Crippen LogP contribution in [0.3, 0.4) is 0 Å². The van der Waals surface area contributed by atoms with Crippen LogP contribution in [-0.2, 0) is 19.4 Å². The summed E-state index contributed by atoms with van der Waals surface area (Å²) in [5.41, 5.74) is 1.83. The maximum absolute atomic E-state index is 13.1. The van der Waals surface area contributed by atoms with E-state index in [-0.39, 0.29) is 16.6 Å². The molecule has 0 bridgehead atoms. The number of hydrogen-bond acceptors (Lipinski definition) is 7. The molecule has 1 amide bonds. The number of amides is 1. The molecule has 3 aromatic heterocycles. The monoisotopic (exact) mass is 509 g/mol. The average molecular weight is 510 g/mol. The highest BCUT2D eigenvalue weighted by Gasteiger charge is 2.25. The fourth-order valence-corrected chi connectivity index (χ4v) is 5.50. The number of nitrogens with zero attached hydrogens (tertiary/aromatic N) is 2. The molecule has 0 radical (unpaired) electrons. The number of rotatable bonds is 7. The van der Waals surface area contributed by atoms with E-state index in [1.807, 2.05) is 6.07 Å². The first-order valence-electron chi connectivity index (χ1n) is 11.0. The number of halogens is 1. The summed E-state index contributed by atoms with van der Waals surface area (Å²) in [7, 11) is 0. The normalized spacial score (nSPS) is 13.2. The van der Waals surface area contributed by atoms with Gasteiger partial charge in [-0.05, 0) is 67.6 Å². The molecule has 0 saturated carbocycles. The fraction of sp³-hybridized carbons (Fsp3) is 0.200. The molecule has 0 aliphatic heterocycles. The number of nitrogens with one attached hydrogen (secondary N) is 1. The maximum Gasteiger partial charge on any atom is 0.281 e. The molecule has 0 fully saturated rings. The molecule has 35 heavy (non-hydrogen) atoms. The minimum absolute atomic E-state index is 0.142. The van der Waals surface area contributed by atoms with Crippen LogP contribution in [0.2, 0.25) is 5.02 Å². The predicted molar refractivity (Wildman–Crippen MR) is 134 cm³/mol. The molecule has 0 saturated heterocycles. The topological polar surface area (TPSA) is 111 Å². The zero-order valence-corrected chi connectivity index (χ0v) is 20.0. The Morgan fingerprint density at radius 3 is 2.89 bits per heavy atom. The Morgan fingerprint density at radius 2 is 2.09 bits per heavy atom. The summed E-state index contributed by atoms with van der Waals surface area (Å²) in [5.74, 6) is 1.23. The van der Waals surface area contributed by atoms with Crippen LogP contribution in [0.4, 0.5) is 10.7 Å². The van der Waals surface area contributed by atoms with E-state index in [4.69, 9.17) is 20.4 Å². The molecule has 1 N–H and O–H groups in total. The van der Waals surface area contributed by atoms with Crippen molar-refractivity contribution in [1.29, 1.82) is 0 Å². The van der Waals surface area contributed by atoms with Gasteiger partial charge < -0.3 is 14.2 Å². The third-order valence-corrected chi connectivity index (χ3v) is 7.18.